The van der Waals surface area contributed by atoms with Crippen molar-refractivity contribution in [1.82, 2.24) is 10.2 Å². The summed E-state index contributed by atoms with van der Waals surface area (Å²) >= 11 is 0. The van der Waals surface area contributed by atoms with Crippen LogP contribution in [0.2, 0.25) is 0 Å². The SMILES string of the molecule is CNC(=O)c1c(-c2ccccc2)oc2ccc(O)c(CCCC(O)CN3CCCC3)c12. The second-order valence-electron chi connectivity index (χ2n) is 8.24. The van der Waals surface area contributed by atoms with E-state index in [1.165, 1.54) is 12.8 Å². The summed E-state index contributed by atoms with van der Waals surface area (Å²) in [5.74, 6) is 0.390. The van der Waals surface area contributed by atoms with Crippen molar-refractivity contribution in [2.24, 2.45) is 0 Å². The van der Waals surface area contributed by atoms with Crippen LogP contribution in [-0.2, 0) is 6.42 Å². The molecule has 164 valence electrons. The Hall–Kier alpha value is -2.83. The fourth-order valence-electron chi connectivity index (χ4n) is 4.51. The second kappa shape index (κ2) is 9.54. The zero-order chi connectivity index (χ0) is 21.8. The summed E-state index contributed by atoms with van der Waals surface area (Å²) in [7, 11) is 1.59. The maximum Gasteiger partial charge on any atom is 0.255 e. The number of β-amino-alcohol motifs (C(OH)–C–C–N with tert-alkyl or cyclic N) is 1. The lowest BCUT2D eigenvalue weighted by atomic mass is 9.96. The Morgan fingerprint density at radius 1 is 1.16 bits per heavy atom. The molecule has 6 heteroatoms. The van der Waals surface area contributed by atoms with Gasteiger partial charge in [-0.05, 0) is 57.3 Å². The van der Waals surface area contributed by atoms with Gasteiger partial charge in [-0.25, -0.2) is 0 Å². The Balaban J connectivity index is 1.62. The number of aromatic hydroxyl groups is 1. The van der Waals surface area contributed by atoms with Crippen LogP contribution in [0.25, 0.3) is 22.3 Å². The Morgan fingerprint density at radius 3 is 2.61 bits per heavy atom. The van der Waals surface area contributed by atoms with Gasteiger partial charge in [-0.3, -0.25) is 4.79 Å². The number of carbonyl (C=O) groups is 1. The average Bonchev–Trinajstić information content (AvgIpc) is 3.43. The largest absolute Gasteiger partial charge is 0.508 e. The summed E-state index contributed by atoms with van der Waals surface area (Å²) in [6.07, 6.45) is 3.93. The van der Waals surface area contributed by atoms with E-state index in [1.807, 2.05) is 30.3 Å². The topological polar surface area (TPSA) is 85.9 Å². The van der Waals surface area contributed by atoms with Gasteiger partial charge in [0.1, 0.15) is 17.1 Å². The van der Waals surface area contributed by atoms with E-state index in [4.69, 9.17) is 4.42 Å². The molecule has 0 saturated carbocycles. The summed E-state index contributed by atoms with van der Waals surface area (Å²) < 4.78 is 6.09. The first-order chi connectivity index (χ1) is 15.1. The third-order valence-corrected chi connectivity index (χ3v) is 6.06. The molecule has 0 spiro atoms. The fourth-order valence-corrected chi connectivity index (χ4v) is 4.51. The number of hydrogen-bond donors (Lipinski definition) is 3. The first kappa shape index (κ1) is 21.4. The minimum atomic E-state index is -0.387. The van der Waals surface area contributed by atoms with E-state index in [9.17, 15) is 15.0 Å². The normalized spacial score (nSPS) is 15.4. The van der Waals surface area contributed by atoms with Crippen molar-refractivity contribution in [3.63, 3.8) is 0 Å². The number of nitrogens with zero attached hydrogens (tertiary/aromatic N) is 1. The highest BCUT2D eigenvalue weighted by Gasteiger charge is 2.25. The van der Waals surface area contributed by atoms with Gasteiger partial charge in [-0.1, -0.05) is 30.3 Å². The van der Waals surface area contributed by atoms with E-state index in [1.54, 1.807) is 19.2 Å². The number of carbonyl (C=O) groups excluding carboxylic acids is 1. The van der Waals surface area contributed by atoms with Crippen LogP contribution in [0.3, 0.4) is 0 Å². The number of likely N-dealkylation sites (tertiary alicyclic amines) is 1. The van der Waals surface area contributed by atoms with E-state index in [0.29, 0.717) is 53.7 Å². The molecule has 31 heavy (non-hydrogen) atoms. The predicted molar refractivity (Wildman–Crippen MR) is 121 cm³/mol. The number of fused-ring (bicyclic) bond motifs is 1. The molecule has 1 unspecified atom stereocenters. The van der Waals surface area contributed by atoms with Crippen LogP contribution >= 0.6 is 0 Å². The Bertz CT molecular complexity index is 1040. The minimum Gasteiger partial charge on any atom is -0.508 e. The van der Waals surface area contributed by atoms with Crippen molar-refractivity contribution in [2.75, 3.05) is 26.7 Å². The molecule has 1 amide bonds. The molecular weight excluding hydrogens is 392 g/mol. The van der Waals surface area contributed by atoms with Gasteiger partial charge in [-0.2, -0.15) is 0 Å². The molecule has 4 rings (SSSR count). The number of amides is 1. The summed E-state index contributed by atoms with van der Waals surface area (Å²) in [6, 6.07) is 12.8. The molecule has 6 nitrogen and oxygen atoms in total. The molecule has 2 aromatic carbocycles. The van der Waals surface area contributed by atoms with Crippen molar-refractivity contribution in [1.29, 1.82) is 0 Å². The zero-order valence-corrected chi connectivity index (χ0v) is 17.9. The smallest absolute Gasteiger partial charge is 0.255 e. The van der Waals surface area contributed by atoms with Crippen LogP contribution in [0.15, 0.2) is 46.9 Å². The Labute approximate surface area is 182 Å². The maximum atomic E-state index is 12.8. The molecule has 0 aliphatic carbocycles. The van der Waals surface area contributed by atoms with Crippen molar-refractivity contribution in [3.05, 3.63) is 53.6 Å². The van der Waals surface area contributed by atoms with Gasteiger partial charge in [0.15, 0.2) is 0 Å². The van der Waals surface area contributed by atoms with Gasteiger partial charge in [-0.15, -0.1) is 0 Å². The highest BCUT2D eigenvalue weighted by Crippen LogP contribution is 2.39. The molecular formula is C25H30N2O4. The lowest BCUT2D eigenvalue weighted by Crippen LogP contribution is -2.29. The van der Waals surface area contributed by atoms with Crippen molar-refractivity contribution in [3.8, 4) is 17.1 Å². The van der Waals surface area contributed by atoms with Crippen LogP contribution in [0.5, 0.6) is 5.75 Å². The molecule has 3 aromatic rings. The number of furan rings is 1. The van der Waals surface area contributed by atoms with Crippen molar-refractivity contribution >= 4 is 16.9 Å². The van der Waals surface area contributed by atoms with E-state index in [2.05, 4.69) is 10.2 Å². The van der Waals surface area contributed by atoms with E-state index in [0.717, 1.165) is 18.7 Å². The maximum absolute atomic E-state index is 12.8. The number of aliphatic hydroxyl groups is 1. The summed E-state index contributed by atoms with van der Waals surface area (Å²) in [4.78, 5) is 15.1. The van der Waals surface area contributed by atoms with Crippen LogP contribution in [-0.4, -0.2) is 53.8 Å². The highest BCUT2D eigenvalue weighted by molar-refractivity contribution is 6.12. The minimum absolute atomic E-state index is 0.145. The van der Waals surface area contributed by atoms with Gasteiger partial charge < -0.3 is 24.8 Å². The number of nitrogens with one attached hydrogen (secondary N) is 1. The first-order valence-corrected chi connectivity index (χ1v) is 11.0. The van der Waals surface area contributed by atoms with Crippen LogP contribution in [0.4, 0.5) is 0 Å². The Kier molecular flexibility index (Phi) is 6.59. The molecule has 3 N–H and O–H groups in total. The van der Waals surface area contributed by atoms with Gasteiger partial charge in [0.2, 0.25) is 0 Å². The lowest BCUT2D eigenvalue weighted by Gasteiger charge is -2.19. The van der Waals surface area contributed by atoms with E-state index in [-0.39, 0.29) is 17.8 Å². The molecule has 0 bridgehead atoms. The number of rotatable bonds is 8. The van der Waals surface area contributed by atoms with Crippen LogP contribution < -0.4 is 5.32 Å². The first-order valence-electron chi connectivity index (χ1n) is 11.0. The summed E-state index contributed by atoms with van der Waals surface area (Å²) in [5, 5.41) is 24.4. The summed E-state index contributed by atoms with van der Waals surface area (Å²) in [5.41, 5.74) is 2.51. The quantitative estimate of drug-likeness (QED) is 0.512. The molecule has 0 radical (unpaired) electrons. The standard InChI is InChI=1S/C25H30N2O4/c1-26-25(30)23-22-19(11-7-10-18(28)16-27-14-5-6-15-27)20(29)12-13-21(22)31-24(23)17-8-3-2-4-9-17/h2-4,8-9,12-13,18,28-29H,5-7,10-11,14-16H2,1H3,(H,26,30). The molecule has 1 fully saturated rings. The average molecular weight is 423 g/mol. The number of phenolic OH excluding ortho intramolecular Hbond substituents is 1. The fraction of sp³-hybridized carbons (Fsp3) is 0.400. The second-order valence-corrected chi connectivity index (χ2v) is 8.24. The Morgan fingerprint density at radius 2 is 1.90 bits per heavy atom. The van der Waals surface area contributed by atoms with Gasteiger partial charge >= 0.3 is 0 Å². The van der Waals surface area contributed by atoms with Gasteiger partial charge in [0.05, 0.1) is 11.7 Å². The predicted octanol–water partition coefficient (Wildman–Crippen LogP) is 3.94. The summed E-state index contributed by atoms with van der Waals surface area (Å²) in [6.45, 7) is 2.82. The van der Waals surface area contributed by atoms with Gasteiger partial charge in [0, 0.05) is 30.1 Å². The molecule has 1 aliphatic heterocycles. The number of aryl methyl sites for hydroxylation is 1. The van der Waals surface area contributed by atoms with Crippen LogP contribution in [0, 0.1) is 0 Å². The molecule has 1 aliphatic rings. The van der Waals surface area contributed by atoms with E-state index < -0.39 is 0 Å². The molecule has 1 aromatic heterocycles. The number of benzene rings is 2. The van der Waals surface area contributed by atoms with Crippen LogP contribution in [0.1, 0.15) is 41.6 Å². The monoisotopic (exact) mass is 422 g/mol. The number of phenols is 1. The van der Waals surface area contributed by atoms with Crippen molar-refractivity contribution < 1.29 is 19.4 Å². The molecule has 2 heterocycles. The number of hydrogen-bond acceptors (Lipinski definition) is 5. The lowest BCUT2D eigenvalue weighted by molar-refractivity contribution is 0.0964. The molecule has 1 atom stereocenters. The van der Waals surface area contributed by atoms with E-state index >= 15 is 0 Å². The highest BCUT2D eigenvalue weighted by atomic mass is 16.3. The van der Waals surface area contributed by atoms with Crippen molar-refractivity contribution in [2.45, 2.75) is 38.2 Å². The molecule has 1 saturated heterocycles. The third kappa shape index (κ3) is 4.60. The third-order valence-electron chi connectivity index (χ3n) is 6.06. The number of aliphatic hydroxyl groups excluding tert-OH is 1. The zero-order valence-electron chi connectivity index (χ0n) is 17.9. The van der Waals surface area contributed by atoms with Gasteiger partial charge in [0.25, 0.3) is 5.91 Å².